The third-order valence-electron chi connectivity index (χ3n) is 4.32. The molecular formula is C19H14N2O4. The first-order valence-electron chi connectivity index (χ1n) is 7.81. The van der Waals surface area contributed by atoms with Gasteiger partial charge in [-0.3, -0.25) is 9.20 Å². The number of pyridine rings is 1. The summed E-state index contributed by atoms with van der Waals surface area (Å²) in [5, 5.41) is 18.7. The van der Waals surface area contributed by atoms with Gasteiger partial charge in [-0.1, -0.05) is 12.1 Å². The molecule has 1 aliphatic rings. The molecule has 0 unspecified atom stereocenters. The van der Waals surface area contributed by atoms with Crippen LogP contribution in [0.15, 0.2) is 47.4 Å². The smallest absolute Gasteiger partial charge is 0.337 e. The molecule has 0 aliphatic heterocycles. The molecule has 6 heteroatoms. The number of carbonyl (C=O) groups is 1. The summed E-state index contributed by atoms with van der Waals surface area (Å²) in [5.41, 5.74) is 3.24. The lowest BCUT2D eigenvalue weighted by Gasteiger charge is -2.06. The Bertz CT molecular complexity index is 1110. The molecule has 0 radical (unpaired) electrons. The monoisotopic (exact) mass is 334 g/mol. The van der Waals surface area contributed by atoms with E-state index in [0.717, 1.165) is 11.1 Å². The molecule has 0 fully saturated rings. The minimum atomic E-state index is -1.08. The molecule has 124 valence electrons. The van der Waals surface area contributed by atoms with Gasteiger partial charge in [-0.2, -0.15) is 0 Å². The zero-order chi connectivity index (χ0) is 17.6. The summed E-state index contributed by atoms with van der Waals surface area (Å²) in [6.45, 7) is 0. The highest BCUT2D eigenvalue weighted by Crippen LogP contribution is 2.31. The predicted molar refractivity (Wildman–Crippen MR) is 92.7 cm³/mol. The van der Waals surface area contributed by atoms with Crippen LogP contribution >= 0.6 is 0 Å². The minimum Gasteiger partial charge on any atom is -0.508 e. The van der Waals surface area contributed by atoms with Crippen LogP contribution in [0.1, 0.15) is 33.6 Å². The van der Waals surface area contributed by atoms with Gasteiger partial charge in [-0.25, -0.2) is 9.78 Å². The lowest BCUT2D eigenvalue weighted by molar-refractivity contribution is 0.0696. The largest absolute Gasteiger partial charge is 0.508 e. The Morgan fingerprint density at radius 2 is 2.04 bits per heavy atom. The number of fused-ring (bicyclic) bond motifs is 2. The Morgan fingerprint density at radius 3 is 2.80 bits per heavy atom. The van der Waals surface area contributed by atoms with Crippen molar-refractivity contribution in [2.24, 2.45) is 0 Å². The minimum absolute atomic E-state index is 0.0462. The van der Waals surface area contributed by atoms with E-state index < -0.39 is 5.97 Å². The molecule has 0 saturated carbocycles. The van der Waals surface area contributed by atoms with Gasteiger partial charge in [0.1, 0.15) is 11.4 Å². The number of rotatable bonds is 2. The fraction of sp³-hybridized carbons (Fsp3) is 0.105. The highest BCUT2D eigenvalue weighted by Gasteiger charge is 2.23. The van der Waals surface area contributed by atoms with E-state index >= 15 is 0 Å². The molecule has 2 heterocycles. The van der Waals surface area contributed by atoms with Crippen LogP contribution in [0.4, 0.5) is 0 Å². The number of allylic oxidation sites excluding steroid dienone is 1. The quantitative estimate of drug-likeness (QED) is 0.751. The van der Waals surface area contributed by atoms with Gasteiger partial charge in [0, 0.05) is 11.8 Å². The number of carboxylic acids is 1. The molecule has 6 nitrogen and oxygen atoms in total. The predicted octanol–water partition coefficient (Wildman–Crippen LogP) is 2.59. The normalized spacial score (nSPS) is 14.8. The second-order valence-corrected chi connectivity index (χ2v) is 5.96. The van der Waals surface area contributed by atoms with Crippen molar-refractivity contribution in [3.8, 4) is 5.75 Å². The Labute approximate surface area is 142 Å². The molecule has 2 aromatic heterocycles. The fourth-order valence-corrected chi connectivity index (χ4v) is 3.13. The number of phenols is 1. The molecule has 0 saturated heterocycles. The van der Waals surface area contributed by atoms with Gasteiger partial charge in [-0.15, -0.1) is 0 Å². The summed E-state index contributed by atoms with van der Waals surface area (Å²) in [5.74, 6) is -0.904. The van der Waals surface area contributed by atoms with Crippen molar-refractivity contribution in [1.82, 2.24) is 9.38 Å². The van der Waals surface area contributed by atoms with Crippen molar-refractivity contribution in [3.05, 3.63) is 75.3 Å². The summed E-state index contributed by atoms with van der Waals surface area (Å²) in [6.07, 6.45) is 4.46. The maximum atomic E-state index is 12.7. The molecule has 0 atom stereocenters. The van der Waals surface area contributed by atoms with E-state index in [0.29, 0.717) is 29.7 Å². The maximum Gasteiger partial charge on any atom is 0.337 e. The summed E-state index contributed by atoms with van der Waals surface area (Å²) in [6, 6.07) is 9.85. The number of carboxylic acid groups (broad SMARTS) is 1. The van der Waals surface area contributed by atoms with Crippen molar-refractivity contribution in [2.45, 2.75) is 12.8 Å². The third-order valence-corrected chi connectivity index (χ3v) is 4.32. The van der Waals surface area contributed by atoms with Crippen LogP contribution < -0.4 is 5.56 Å². The number of phenolic OH excluding ortho intramolecular Hbond substituents is 1. The zero-order valence-electron chi connectivity index (χ0n) is 13.1. The van der Waals surface area contributed by atoms with Crippen molar-refractivity contribution in [1.29, 1.82) is 0 Å². The van der Waals surface area contributed by atoms with Crippen LogP contribution in [0.25, 0.3) is 17.3 Å². The highest BCUT2D eigenvalue weighted by atomic mass is 16.4. The first-order valence-corrected chi connectivity index (χ1v) is 7.81. The number of hydrogen-bond donors (Lipinski definition) is 2. The van der Waals surface area contributed by atoms with Crippen molar-refractivity contribution >= 4 is 23.3 Å². The second kappa shape index (κ2) is 5.59. The van der Waals surface area contributed by atoms with Crippen LogP contribution in [-0.2, 0) is 6.42 Å². The van der Waals surface area contributed by atoms with Crippen LogP contribution in [0.5, 0.6) is 5.75 Å². The van der Waals surface area contributed by atoms with E-state index in [1.807, 2.05) is 12.1 Å². The Kier molecular flexibility index (Phi) is 3.39. The third kappa shape index (κ3) is 2.57. The molecule has 4 rings (SSSR count). The van der Waals surface area contributed by atoms with Gasteiger partial charge in [0.25, 0.3) is 5.56 Å². The molecular weight excluding hydrogens is 320 g/mol. The van der Waals surface area contributed by atoms with E-state index in [1.54, 1.807) is 18.2 Å². The number of aromatic carboxylic acids is 1. The molecule has 1 aromatic carbocycles. The Morgan fingerprint density at radius 1 is 1.20 bits per heavy atom. The fourth-order valence-electron chi connectivity index (χ4n) is 3.13. The van der Waals surface area contributed by atoms with E-state index in [-0.39, 0.29) is 16.9 Å². The number of benzene rings is 1. The van der Waals surface area contributed by atoms with Gasteiger partial charge >= 0.3 is 5.97 Å². The maximum absolute atomic E-state index is 12.7. The van der Waals surface area contributed by atoms with Crippen LogP contribution in [0.2, 0.25) is 0 Å². The topological polar surface area (TPSA) is 91.9 Å². The second-order valence-electron chi connectivity index (χ2n) is 5.96. The number of aromatic hydroxyl groups is 1. The highest BCUT2D eigenvalue weighted by molar-refractivity contribution is 5.88. The molecule has 2 N–H and O–H groups in total. The molecule has 0 amide bonds. The summed E-state index contributed by atoms with van der Waals surface area (Å²) in [7, 11) is 0. The summed E-state index contributed by atoms with van der Waals surface area (Å²) in [4.78, 5) is 28.4. The average Bonchev–Trinajstić information content (AvgIpc) is 2.98. The standard InChI is InChI=1S/C19H14N2O4/c22-14-3-1-2-11(9-14)8-12-4-6-15-17(12)20-16-7-5-13(19(24)25)10-21(16)18(15)23/h1-3,5,7-10,22H,4,6H2,(H,24,25). The number of nitrogens with zero attached hydrogens (tertiary/aromatic N) is 2. The Hall–Kier alpha value is -3.41. The van der Waals surface area contributed by atoms with Crippen LogP contribution in [0.3, 0.4) is 0 Å². The summed E-state index contributed by atoms with van der Waals surface area (Å²) >= 11 is 0. The lowest BCUT2D eigenvalue weighted by atomic mass is 10.1. The number of hydrogen-bond acceptors (Lipinski definition) is 4. The lowest BCUT2D eigenvalue weighted by Crippen LogP contribution is -2.20. The van der Waals surface area contributed by atoms with E-state index in [9.17, 15) is 14.7 Å². The average molecular weight is 334 g/mol. The first-order chi connectivity index (χ1) is 12.0. The van der Waals surface area contributed by atoms with Gasteiger partial charge < -0.3 is 10.2 Å². The molecule has 0 spiro atoms. The van der Waals surface area contributed by atoms with Crippen molar-refractivity contribution in [2.75, 3.05) is 0 Å². The van der Waals surface area contributed by atoms with Gasteiger partial charge in [-0.05, 0) is 54.3 Å². The zero-order valence-corrected chi connectivity index (χ0v) is 13.1. The van der Waals surface area contributed by atoms with Gasteiger partial charge in [0.15, 0.2) is 0 Å². The van der Waals surface area contributed by atoms with E-state index in [1.165, 1.54) is 22.7 Å². The SMILES string of the molecule is O=C(O)c1ccc2nc3c(c(=O)n2c1)CCC3=Cc1cccc(O)c1. The van der Waals surface area contributed by atoms with Crippen LogP contribution in [0, 0.1) is 0 Å². The summed E-state index contributed by atoms with van der Waals surface area (Å²) < 4.78 is 1.29. The van der Waals surface area contributed by atoms with Gasteiger partial charge in [0.05, 0.1) is 11.3 Å². The first kappa shape index (κ1) is 15.1. The molecule has 25 heavy (non-hydrogen) atoms. The molecule has 3 aromatic rings. The van der Waals surface area contributed by atoms with E-state index in [2.05, 4.69) is 4.98 Å². The van der Waals surface area contributed by atoms with Crippen molar-refractivity contribution in [3.63, 3.8) is 0 Å². The van der Waals surface area contributed by atoms with Crippen molar-refractivity contribution < 1.29 is 15.0 Å². The van der Waals surface area contributed by atoms with E-state index in [4.69, 9.17) is 5.11 Å². The van der Waals surface area contributed by atoms with Gasteiger partial charge in [0.2, 0.25) is 0 Å². The molecule has 0 bridgehead atoms. The number of aromatic nitrogens is 2. The Balaban J connectivity index is 1.88. The molecule has 1 aliphatic carbocycles. The van der Waals surface area contributed by atoms with Crippen LogP contribution in [-0.4, -0.2) is 25.6 Å².